The van der Waals surface area contributed by atoms with Crippen molar-refractivity contribution in [2.45, 2.75) is 34.1 Å². The lowest BCUT2D eigenvalue weighted by Crippen LogP contribution is -1.93. The summed E-state index contributed by atoms with van der Waals surface area (Å²) in [5.41, 5.74) is 0.855. The van der Waals surface area contributed by atoms with Gasteiger partial charge in [0.05, 0.1) is 0 Å². The lowest BCUT2D eigenvalue weighted by atomic mass is 10.1. The fraction of sp³-hybridized carbons (Fsp3) is 1.00. The third-order valence-corrected chi connectivity index (χ3v) is 4.24. The maximum absolute atomic E-state index is 2.42. The monoisotopic (exact) mass is 138 g/mol. The molecule has 0 amide bonds. The van der Waals surface area contributed by atoms with E-state index in [-0.39, 0.29) is 0 Å². The van der Waals surface area contributed by atoms with Crippen LogP contribution in [-0.2, 0) is 0 Å². The Kier molecular flexibility index (Phi) is 1.07. The third-order valence-electron chi connectivity index (χ3n) is 4.24. The molecule has 0 heteroatoms. The summed E-state index contributed by atoms with van der Waals surface area (Å²) in [4.78, 5) is 0. The van der Waals surface area contributed by atoms with Crippen LogP contribution in [0, 0.1) is 29.1 Å². The summed E-state index contributed by atoms with van der Waals surface area (Å²) in [6.07, 6.45) is 1.53. The van der Waals surface area contributed by atoms with Crippen molar-refractivity contribution in [3.8, 4) is 0 Å². The van der Waals surface area contributed by atoms with Crippen LogP contribution in [0.3, 0.4) is 0 Å². The molecular weight excluding hydrogens is 120 g/mol. The van der Waals surface area contributed by atoms with Gasteiger partial charge in [0.15, 0.2) is 0 Å². The summed E-state index contributed by atoms with van der Waals surface area (Å²) in [5.74, 6) is 4.10. The maximum atomic E-state index is 2.42. The minimum absolute atomic E-state index is 0.855. The van der Waals surface area contributed by atoms with Gasteiger partial charge in [-0.05, 0) is 35.5 Å². The molecule has 3 unspecified atom stereocenters. The smallest absolute Gasteiger partial charge is 0.0207 e. The van der Waals surface area contributed by atoms with Crippen LogP contribution in [0.2, 0.25) is 0 Å². The number of hydrogen-bond donors (Lipinski definition) is 0. The van der Waals surface area contributed by atoms with Crippen molar-refractivity contribution in [1.29, 1.82) is 0 Å². The van der Waals surface area contributed by atoms with Gasteiger partial charge in [0.2, 0.25) is 0 Å². The summed E-state index contributed by atoms with van der Waals surface area (Å²) in [5, 5.41) is 0. The van der Waals surface area contributed by atoms with E-state index in [1.165, 1.54) is 6.42 Å². The highest BCUT2D eigenvalue weighted by Gasteiger charge is 2.73. The summed E-state index contributed by atoms with van der Waals surface area (Å²) in [6, 6.07) is 0. The van der Waals surface area contributed by atoms with E-state index in [2.05, 4.69) is 27.7 Å². The molecular formula is C10H18. The molecule has 10 heavy (non-hydrogen) atoms. The molecule has 2 aliphatic carbocycles. The summed E-state index contributed by atoms with van der Waals surface area (Å²) < 4.78 is 0. The summed E-state index contributed by atoms with van der Waals surface area (Å²) in [6.45, 7) is 9.59. The second kappa shape index (κ2) is 1.60. The molecule has 0 bridgehead atoms. The van der Waals surface area contributed by atoms with Gasteiger partial charge in [-0.15, -0.1) is 0 Å². The topological polar surface area (TPSA) is 0 Å². The Balaban J connectivity index is 2.02. The zero-order valence-electron chi connectivity index (χ0n) is 7.52. The van der Waals surface area contributed by atoms with E-state index in [9.17, 15) is 0 Å². The largest absolute Gasteiger partial charge is 0.0625 e. The average Bonchev–Trinajstić information content (AvgIpc) is 2.68. The Bertz CT molecular complexity index is 149. The van der Waals surface area contributed by atoms with Crippen molar-refractivity contribution in [3.63, 3.8) is 0 Å². The first-order valence-electron chi connectivity index (χ1n) is 4.60. The Morgan fingerprint density at radius 2 is 1.70 bits per heavy atom. The van der Waals surface area contributed by atoms with E-state index < -0.39 is 0 Å². The molecule has 0 heterocycles. The average molecular weight is 138 g/mol. The van der Waals surface area contributed by atoms with Crippen molar-refractivity contribution in [3.05, 3.63) is 0 Å². The molecule has 3 atom stereocenters. The molecule has 58 valence electrons. The molecule has 0 N–H and O–H groups in total. The standard InChI is InChI=1S/C10H18/c1-6(2)9-5-10(9)7(3)8(10)4/h6-9H,5H2,1-4H3. The van der Waals surface area contributed by atoms with E-state index in [4.69, 9.17) is 0 Å². The number of rotatable bonds is 1. The number of hydrogen-bond acceptors (Lipinski definition) is 0. The highest BCUT2D eigenvalue weighted by Crippen LogP contribution is 2.79. The van der Waals surface area contributed by atoms with E-state index in [0.717, 1.165) is 29.1 Å². The second-order valence-corrected chi connectivity index (χ2v) is 4.74. The van der Waals surface area contributed by atoms with E-state index in [1.807, 2.05) is 0 Å². The van der Waals surface area contributed by atoms with Gasteiger partial charge >= 0.3 is 0 Å². The van der Waals surface area contributed by atoms with Gasteiger partial charge in [0.25, 0.3) is 0 Å². The summed E-state index contributed by atoms with van der Waals surface area (Å²) >= 11 is 0. The maximum Gasteiger partial charge on any atom is -0.0207 e. The van der Waals surface area contributed by atoms with Crippen molar-refractivity contribution in [1.82, 2.24) is 0 Å². The quantitative estimate of drug-likeness (QED) is 0.522. The van der Waals surface area contributed by atoms with Gasteiger partial charge in [-0.25, -0.2) is 0 Å². The highest BCUT2D eigenvalue weighted by molar-refractivity contribution is 5.21. The first-order valence-corrected chi connectivity index (χ1v) is 4.60. The van der Waals surface area contributed by atoms with Crippen molar-refractivity contribution >= 4 is 0 Å². The molecule has 0 aromatic carbocycles. The normalized spacial score (nSPS) is 57.9. The van der Waals surface area contributed by atoms with Crippen LogP contribution in [0.15, 0.2) is 0 Å². The van der Waals surface area contributed by atoms with Gasteiger partial charge in [0.1, 0.15) is 0 Å². The van der Waals surface area contributed by atoms with Crippen molar-refractivity contribution in [2.24, 2.45) is 29.1 Å². The molecule has 2 saturated carbocycles. The van der Waals surface area contributed by atoms with Crippen LogP contribution in [-0.4, -0.2) is 0 Å². The second-order valence-electron chi connectivity index (χ2n) is 4.74. The van der Waals surface area contributed by atoms with Crippen LogP contribution in [0.4, 0.5) is 0 Å². The lowest BCUT2D eigenvalue weighted by Gasteiger charge is -2.00. The van der Waals surface area contributed by atoms with E-state index in [0.29, 0.717) is 0 Å². The first kappa shape index (κ1) is 6.69. The molecule has 2 rings (SSSR count). The SMILES string of the molecule is CC(C)C1CC12C(C)C2C. The van der Waals surface area contributed by atoms with Gasteiger partial charge in [-0.2, -0.15) is 0 Å². The first-order chi connectivity index (χ1) is 4.60. The third kappa shape index (κ3) is 0.538. The molecule has 0 aliphatic heterocycles. The Labute approximate surface area is 64.0 Å². The molecule has 0 saturated heterocycles. The van der Waals surface area contributed by atoms with Gasteiger partial charge in [-0.3, -0.25) is 0 Å². The van der Waals surface area contributed by atoms with Crippen LogP contribution < -0.4 is 0 Å². The summed E-state index contributed by atoms with van der Waals surface area (Å²) in [7, 11) is 0. The van der Waals surface area contributed by atoms with Crippen LogP contribution in [0.1, 0.15) is 34.1 Å². The Morgan fingerprint density at radius 1 is 1.20 bits per heavy atom. The van der Waals surface area contributed by atoms with Crippen LogP contribution in [0.25, 0.3) is 0 Å². The van der Waals surface area contributed by atoms with Gasteiger partial charge < -0.3 is 0 Å². The van der Waals surface area contributed by atoms with Crippen LogP contribution in [0.5, 0.6) is 0 Å². The predicted molar refractivity (Wildman–Crippen MR) is 43.7 cm³/mol. The molecule has 0 aromatic rings. The highest BCUT2D eigenvalue weighted by atomic mass is 14.8. The molecule has 2 fully saturated rings. The van der Waals surface area contributed by atoms with E-state index in [1.54, 1.807) is 0 Å². The molecule has 2 aliphatic rings. The van der Waals surface area contributed by atoms with Gasteiger partial charge in [-0.1, -0.05) is 27.7 Å². The van der Waals surface area contributed by atoms with Crippen molar-refractivity contribution < 1.29 is 0 Å². The lowest BCUT2D eigenvalue weighted by molar-refractivity contribution is 0.488. The van der Waals surface area contributed by atoms with E-state index >= 15 is 0 Å². The Hall–Kier alpha value is 0. The minimum atomic E-state index is 0.855. The van der Waals surface area contributed by atoms with Gasteiger partial charge in [0, 0.05) is 0 Å². The molecule has 0 nitrogen and oxygen atoms in total. The predicted octanol–water partition coefficient (Wildman–Crippen LogP) is 2.93. The zero-order valence-corrected chi connectivity index (χ0v) is 7.52. The molecule has 1 spiro atoms. The minimum Gasteiger partial charge on any atom is -0.0625 e. The fourth-order valence-electron chi connectivity index (χ4n) is 3.12. The molecule has 0 radical (unpaired) electrons. The van der Waals surface area contributed by atoms with Crippen molar-refractivity contribution in [2.75, 3.05) is 0 Å². The Morgan fingerprint density at radius 3 is 1.80 bits per heavy atom. The molecule has 0 aromatic heterocycles. The fourth-order valence-corrected chi connectivity index (χ4v) is 3.12. The van der Waals surface area contributed by atoms with Crippen LogP contribution >= 0.6 is 0 Å². The zero-order chi connectivity index (χ0) is 7.52.